The normalized spacial score (nSPS) is 10.5. The molecule has 0 aliphatic carbocycles. The maximum atomic E-state index is 6.16. The van der Waals surface area contributed by atoms with Crippen LogP contribution in [0.4, 0.5) is 5.69 Å². The molecule has 128 valence electrons. The molecule has 3 aromatic carbocycles. The van der Waals surface area contributed by atoms with Crippen molar-refractivity contribution in [2.24, 2.45) is 0 Å². The molecule has 2 nitrogen and oxygen atoms in total. The molecular weight excluding hydrogens is 465 g/mol. The van der Waals surface area contributed by atoms with Crippen molar-refractivity contribution in [3.8, 4) is 5.75 Å². The molecule has 0 amide bonds. The molecule has 3 rings (SSSR count). The van der Waals surface area contributed by atoms with E-state index in [0.717, 1.165) is 36.5 Å². The van der Waals surface area contributed by atoms with Crippen LogP contribution in [0.25, 0.3) is 0 Å². The van der Waals surface area contributed by atoms with Gasteiger partial charge in [0, 0.05) is 11.0 Å². The minimum absolute atomic E-state index is 0.531. The molecule has 5 heteroatoms. The van der Waals surface area contributed by atoms with Crippen LogP contribution in [0.3, 0.4) is 0 Å². The molecule has 0 saturated carbocycles. The summed E-state index contributed by atoms with van der Waals surface area (Å²) in [6, 6.07) is 21.9. The fraction of sp³-hybridized carbons (Fsp3) is 0.100. The van der Waals surface area contributed by atoms with Crippen molar-refractivity contribution in [1.29, 1.82) is 0 Å². The average Bonchev–Trinajstić information content (AvgIpc) is 2.62. The van der Waals surface area contributed by atoms with Gasteiger partial charge in [-0.2, -0.15) is 0 Å². The van der Waals surface area contributed by atoms with E-state index in [1.165, 1.54) is 0 Å². The number of hydrogen-bond acceptors (Lipinski definition) is 2. The van der Waals surface area contributed by atoms with Crippen LogP contribution in [0.2, 0.25) is 5.02 Å². The third kappa shape index (κ3) is 5.24. The summed E-state index contributed by atoms with van der Waals surface area (Å²) in [5.74, 6) is 0.824. The van der Waals surface area contributed by atoms with Gasteiger partial charge in [-0.3, -0.25) is 0 Å². The van der Waals surface area contributed by atoms with Crippen LogP contribution in [-0.2, 0) is 13.2 Å². The van der Waals surface area contributed by atoms with Crippen LogP contribution in [0.5, 0.6) is 5.75 Å². The van der Waals surface area contributed by atoms with Crippen LogP contribution in [0.15, 0.2) is 75.7 Å². The Bertz CT molecular complexity index is 853. The third-order valence-electron chi connectivity index (χ3n) is 3.66. The fourth-order valence-corrected chi connectivity index (χ4v) is 3.32. The summed E-state index contributed by atoms with van der Waals surface area (Å²) in [5.41, 5.74) is 3.19. The van der Waals surface area contributed by atoms with Gasteiger partial charge in [-0.1, -0.05) is 57.9 Å². The van der Waals surface area contributed by atoms with E-state index in [1.54, 1.807) is 0 Å². The first-order chi connectivity index (χ1) is 12.1. The molecule has 0 radical (unpaired) electrons. The minimum Gasteiger partial charge on any atom is -0.488 e. The van der Waals surface area contributed by atoms with Crippen molar-refractivity contribution in [3.05, 3.63) is 91.8 Å². The number of ether oxygens (including phenoxy) is 1. The first-order valence-corrected chi connectivity index (χ1v) is 9.72. The Morgan fingerprint density at radius 2 is 1.60 bits per heavy atom. The molecule has 0 aliphatic heterocycles. The standard InChI is InChI=1S/C20H16Br2ClNO/c21-16-8-5-14(6-9-16)13-25-20-10-7-15(11-17(20)22)12-24-19-4-2-1-3-18(19)23/h1-11,24H,12-13H2. The summed E-state index contributed by atoms with van der Waals surface area (Å²) in [4.78, 5) is 0. The van der Waals surface area contributed by atoms with Gasteiger partial charge in [0.05, 0.1) is 15.2 Å². The van der Waals surface area contributed by atoms with E-state index in [4.69, 9.17) is 16.3 Å². The molecule has 3 aromatic rings. The summed E-state index contributed by atoms with van der Waals surface area (Å²) >= 11 is 13.2. The van der Waals surface area contributed by atoms with E-state index < -0.39 is 0 Å². The summed E-state index contributed by atoms with van der Waals surface area (Å²) in [6.45, 7) is 1.22. The number of para-hydroxylation sites is 1. The second kappa shape index (κ2) is 8.75. The summed E-state index contributed by atoms with van der Waals surface area (Å²) in [6.07, 6.45) is 0. The van der Waals surface area contributed by atoms with E-state index in [-0.39, 0.29) is 0 Å². The van der Waals surface area contributed by atoms with Crippen molar-refractivity contribution in [2.75, 3.05) is 5.32 Å². The predicted octanol–water partition coefficient (Wildman–Crippen LogP) is 7.06. The second-order valence-corrected chi connectivity index (χ2v) is 7.69. The lowest BCUT2D eigenvalue weighted by atomic mass is 10.2. The first kappa shape index (κ1) is 18.3. The Labute approximate surface area is 169 Å². The van der Waals surface area contributed by atoms with Crippen molar-refractivity contribution in [1.82, 2.24) is 0 Å². The Kier molecular flexibility index (Phi) is 6.40. The molecule has 0 spiro atoms. The largest absolute Gasteiger partial charge is 0.488 e. The molecule has 25 heavy (non-hydrogen) atoms. The number of rotatable bonds is 6. The Hall–Kier alpha value is -1.49. The molecule has 0 heterocycles. The van der Waals surface area contributed by atoms with Gasteiger partial charge in [-0.25, -0.2) is 0 Å². The van der Waals surface area contributed by atoms with Crippen molar-refractivity contribution in [2.45, 2.75) is 13.2 Å². The first-order valence-electron chi connectivity index (χ1n) is 7.76. The van der Waals surface area contributed by atoms with Crippen LogP contribution in [-0.4, -0.2) is 0 Å². The molecule has 0 bridgehead atoms. The van der Waals surface area contributed by atoms with Gasteiger partial charge in [-0.05, 0) is 63.5 Å². The monoisotopic (exact) mass is 479 g/mol. The van der Waals surface area contributed by atoms with E-state index in [0.29, 0.717) is 13.2 Å². The van der Waals surface area contributed by atoms with Gasteiger partial charge in [0.15, 0.2) is 0 Å². The maximum Gasteiger partial charge on any atom is 0.134 e. The molecule has 0 fully saturated rings. The molecule has 0 atom stereocenters. The Morgan fingerprint density at radius 1 is 0.880 bits per heavy atom. The highest BCUT2D eigenvalue weighted by molar-refractivity contribution is 9.10. The molecule has 0 saturated heterocycles. The van der Waals surface area contributed by atoms with Crippen molar-refractivity contribution < 1.29 is 4.74 Å². The topological polar surface area (TPSA) is 21.3 Å². The lowest BCUT2D eigenvalue weighted by Crippen LogP contribution is -2.01. The van der Waals surface area contributed by atoms with Gasteiger partial charge >= 0.3 is 0 Å². The van der Waals surface area contributed by atoms with Crippen LogP contribution >= 0.6 is 43.5 Å². The minimum atomic E-state index is 0.531. The van der Waals surface area contributed by atoms with Gasteiger partial charge in [0.2, 0.25) is 0 Å². The third-order valence-corrected chi connectivity index (χ3v) is 5.14. The maximum absolute atomic E-state index is 6.16. The average molecular weight is 482 g/mol. The lowest BCUT2D eigenvalue weighted by Gasteiger charge is -2.12. The molecule has 0 aliphatic rings. The smallest absolute Gasteiger partial charge is 0.134 e. The van der Waals surface area contributed by atoms with E-state index in [9.17, 15) is 0 Å². The zero-order valence-corrected chi connectivity index (χ0v) is 17.2. The van der Waals surface area contributed by atoms with Crippen LogP contribution in [0, 0.1) is 0 Å². The second-order valence-electron chi connectivity index (χ2n) is 5.51. The zero-order chi connectivity index (χ0) is 17.6. The fourth-order valence-electron chi connectivity index (χ4n) is 2.31. The summed E-state index contributed by atoms with van der Waals surface area (Å²) in [7, 11) is 0. The highest BCUT2D eigenvalue weighted by atomic mass is 79.9. The summed E-state index contributed by atoms with van der Waals surface area (Å²) < 4.78 is 7.89. The number of nitrogens with one attached hydrogen (secondary N) is 1. The molecule has 0 unspecified atom stereocenters. The van der Waals surface area contributed by atoms with Gasteiger partial charge < -0.3 is 10.1 Å². The number of hydrogen-bond donors (Lipinski definition) is 1. The van der Waals surface area contributed by atoms with Crippen molar-refractivity contribution in [3.63, 3.8) is 0 Å². The van der Waals surface area contributed by atoms with Gasteiger partial charge in [-0.15, -0.1) is 0 Å². The van der Waals surface area contributed by atoms with Crippen molar-refractivity contribution >= 4 is 49.1 Å². The number of benzene rings is 3. The van der Waals surface area contributed by atoms with E-state index in [2.05, 4.69) is 43.2 Å². The number of halogens is 3. The van der Waals surface area contributed by atoms with Gasteiger partial charge in [0.1, 0.15) is 12.4 Å². The Balaban J connectivity index is 1.60. The SMILES string of the molecule is Clc1ccccc1NCc1ccc(OCc2ccc(Br)cc2)c(Br)c1. The molecule has 0 aromatic heterocycles. The summed E-state index contributed by atoms with van der Waals surface area (Å²) in [5, 5.41) is 4.06. The van der Waals surface area contributed by atoms with E-state index in [1.807, 2.05) is 60.7 Å². The van der Waals surface area contributed by atoms with Gasteiger partial charge in [0.25, 0.3) is 0 Å². The predicted molar refractivity (Wildman–Crippen MR) is 111 cm³/mol. The van der Waals surface area contributed by atoms with Crippen LogP contribution < -0.4 is 10.1 Å². The molecular formula is C20H16Br2ClNO. The zero-order valence-electron chi connectivity index (χ0n) is 13.3. The van der Waals surface area contributed by atoms with Crippen LogP contribution in [0.1, 0.15) is 11.1 Å². The van der Waals surface area contributed by atoms with E-state index >= 15 is 0 Å². The highest BCUT2D eigenvalue weighted by Gasteiger charge is 2.05. The highest BCUT2D eigenvalue weighted by Crippen LogP contribution is 2.28. The number of anilines is 1. The Morgan fingerprint density at radius 3 is 2.32 bits per heavy atom. The quantitative estimate of drug-likeness (QED) is 0.407. The molecule has 1 N–H and O–H groups in total. The lowest BCUT2D eigenvalue weighted by molar-refractivity contribution is 0.304.